The van der Waals surface area contributed by atoms with Crippen LogP contribution in [0.15, 0.2) is 24.3 Å². The van der Waals surface area contributed by atoms with Gasteiger partial charge in [0.2, 0.25) is 0 Å². The summed E-state index contributed by atoms with van der Waals surface area (Å²) in [5.74, 6) is -0.302. The van der Waals surface area contributed by atoms with Gasteiger partial charge >= 0.3 is 5.97 Å². The van der Waals surface area contributed by atoms with Crippen LogP contribution in [0.5, 0.6) is 0 Å². The number of benzene rings is 1. The Kier molecular flexibility index (Phi) is 5.83. The number of nitrogens with one attached hydrogen (secondary N) is 1. The first kappa shape index (κ1) is 15.5. The largest absolute Gasteiger partial charge is 0.464 e. The molecule has 0 bridgehead atoms. The molecule has 19 heavy (non-hydrogen) atoms. The molecule has 0 amide bonds. The van der Waals surface area contributed by atoms with Gasteiger partial charge in [0.15, 0.2) is 5.54 Å². The predicted molar refractivity (Wildman–Crippen MR) is 76.3 cm³/mol. The molecule has 1 N–H and O–H groups in total. The van der Waals surface area contributed by atoms with Crippen LogP contribution in [0.4, 0.5) is 5.69 Å². The van der Waals surface area contributed by atoms with Crippen molar-refractivity contribution in [1.29, 1.82) is 0 Å². The third kappa shape index (κ3) is 4.56. The van der Waals surface area contributed by atoms with Gasteiger partial charge in [-0.2, -0.15) is 0 Å². The molecule has 0 spiro atoms. The Balaban J connectivity index is 2.83. The molecule has 0 aliphatic rings. The van der Waals surface area contributed by atoms with E-state index in [2.05, 4.69) is 5.32 Å². The minimum atomic E-state index is -0.874. The fraction of sp³-hybridized carbons (Fsp3) is 0.533. The number of carbonyl (C=O) groups excluding carboxylic acids is 1. The highest BCUT2D eigenvalue weighted by Gasteiger charge is 2.35. The second-order valence-corrected chi connectivity index (χ2v) is 4.68. The average Bonchev–Trinajstić information content (AvgIpc) is 2.39. The van der Waals surface area contributed by atoms with E-state index in [1.54, 1.807) is 13.8 Å². The number of carbonyl (C=O) groups is 1. The zero-order valence-electron chi connectivity index (χ0n) is 12.2. The van der Waals surface area contributed by atoms with Gasteiger partial charge in [0.05, 0.1) is 13.2 Å². The molecule has 0 saturated carbocycles. The second-order valence-electron chi connectivity index (χ2n) is 4.68. The quantitative estimate of drug-likeness (QED) is 0.770. The van der Waals surface area contributed by atoms with Gasteiger partial charge in [-0.3, -0.25) is 0 Å². The van der Waals surface area contributed by atoms with E-state index in [0.29, 0.717) is 13.2 Å². The summed E-state index contributed by atoms with van der Waals surface area (Å²) in [6, 6.07) is 7.88. The van der Waals surface area contributed by atoms with Crippen LogP contribution in [-0.4, -0.2) is 31.3 Å². The van der Waals surface area contributed by atoms with Crippen LogP contribution in [-0.2, 0) is 14.3 Å². The van der Waals surface area contributed by atoms with Crippen LogP contribution >= 0.6 is 0 Å². The number of anilines is 1. The van der Waals surface area contributed by atoms with Crippen LogP contribution in [0.1, 0.15) is 26.3 Å². The van der Waals surface area contributed by atoms with E-state index in [4.69, 9.17) is 9.47 Å². The standard InChI is InChI=1S/C15H23NO3/c1-5-18-11-15(4,14(17)19-6-2)16-13-9-7-12(3)8-10-13/h7-10,16H,5-6,11H2,1-4H3. The fourth-order valence-corrected chi connectivity index (χ4v) is 1.70. The molecule has 1 atom stereocenters. The lowest BCUT2D eigenvalue weighted by Crippen LogP contribution is -2.48. The van der Waals surface area contributed by atoms with E-state index < -0.39 is 5.54 Å². The molecule has 0 aliphatic carbocycles. The minimum absolute atomic E-state index is 0.274. The fourth-order valence-electron chi connectivity index (χ4n) is 1.70. The predicted octanol–water partition coefficient (Wildman–Crippen LogP) is 2.77. The minimum Gasteiger partial charge on any atom is -0.464 e. The van der Waals surface area contributed by atoms with Crippen molar-refractivity contribution in [3.8, 4) is 0 Å². The third-order valence-corrected chi connectivity index (χ3v) is 2.79. The molecular weight excluding hydrogens is 242 g/mol. The number of esters is 1. The summed E-state index contributed by atoms with van der Waals surface area (Å²) in [6.07, 6.45) is 0. The van der Waals surface area contributed by atoms with Crippen LogP contribution in [0.3, 0.4) is 0 Å². The highest BCUT2D eigenvalue weighted by atomic mass is 16.5. The highest BCUT2D eigenvalue weighted by Crippen LogP contribution is 2.18. The Morgan fingerprint density at radius 3 is 2.37 bits per heavy atom. The maximum Gasteiger partial charge on any atom is 0.333 e. The first-order valence-corrected chi connectivity index (χ1v) is 6.61. The van der Waals surface area contributed by atoms with Gasteiger partial charge in [-0.15, -0.1) is 0 Å². The zero-order chi connectivity index (χ0) is 14.3. The van der Waals surface area contributed by atoms with Crippen LogP contribution in [0, 0.1) is 6.92 Å². The van der Waals surface area contributed by atoms with E-state index in [0.717, 1.165) is 5.69 Å². The van der Waals surface area contributed by atoms with Crippen molar-refractivity contribution in [1.82, 2.24) is 0 Å². The number of ether oxygens (including phenoxy) is 2. The molecule has 0 aliphatic heterocycles. The molecule has 4 heteroatoms. The van der Waals surface area contributed by atoms with Crippen molar-refractivity contribution >= 4 is 11.7 Å². The average molecular weight is 265 g/mol. The molecular formula is C15H23NO3. The first-order chi connectivity index (χ1) is 9.01. The van der Waals surface area contributed by atoms with Gasteiger partial charge < -0.3 is 14.8 Å². The van der Waals surface area contributed by atoms with Crippen LogP contribution in [0.2, 0.25) is 0 Å². The molecule has 1 unspecified atom stereocenters. The summed E-state index contributed by atoms with van der Waals surface area (Å²) in [5, 5.41) is 3.20. The van der Waals surface area contributed by atoms with Crippen molar-refractivity contribution in [2.24, 2.45) is 0 Å². The van der Waals surface area contributed by atoms with Crippen LogP contribution < -0.4 is 5.32 Å². The Morgan fingerprint density at radius 2 is 1.84 bits per heavy atom. The second kappa shape index (κ2) is 7.14. The maximum absolute atomic E-state index is 12.1. The van der Waals surface area contributed by atoms with Gasteiger partial charge in [-0.25, -0.2) is 4.79 Å². The summed E-state index contributed by atoms with van der Waals surface area (Å²) in [7, 11) is 0. The summed E-state index contributed by atoms with van der Waals surface area (Å²) < 4.78 is 10.5. The molecule has 0 heterocycles. The van der Waals surface area contributed by atoms with E-state index in [1.807, 2.05) is 38.1 Å². The molecule has 0 saturated heterocycles. The van der Waals surface area contributed by atoms with E-state index in [9.17, 15) is 4.79 Å². The van der Waals surface area contributed by atoms with E-state index in [-0.39, 0.29) is 12.6 Å². The van der Waals surface area contributed by atoms with E-state index in [1.165, 1.54) is 5.56 Å². The Hall–Kier alpha value is -1.55. The van der Waals surface area contributed by atoms with Crippen molar-refractivity contribution in [2.45, 2.75) is 33.2 Å². The first-order valence-electron chi connectivity index (χ1n) is 6.61. The number of rotatable bonds is 7. The van der Waals surface area contributed by atoms with Gasteiger partial charge in [0.25, 0.3) is 0 Å². The summed E-state index contributed by atoms with van der Waals surface area (Å²) in [4.78, 5) is 12.1. The smallest absolute Gasteiger partial charge is 0.333 e. The van der Waals surface area contributed by atoms with Crippen molar-refractivity contribution in [2.75, 3.05) is 25.1 Å². The number of aryl methyl sites for hydroxylation is 1. The molecule has 0 aromatic heterocycles. The van der Waals surface area contributed by atoms with E-state index >= 15 is 0 Å². The molecule has 0 fully saturated rings. The zero-order valence-corrected chi connectivity index (χ0v) is 12.2. The molecule has 1 rings (SSSR count). The van der Waals surface area contributed by atoms with Crippen molar-refractivity contribution < 1.29 is 14.3 Å². The SMILES string of the molecule is CCOCC(C)(Nc1ccc(C)cc1)C(=O)OCC. The third-order valence-electron chi connectivity index (χ3n) is 2.79. The van der Waals surface area contributed by atoms with Crippen LogP contribution in [0.25, 0.3) is 0 Å². The molecule has 0 radical (unpaired) electrons. The molecule has 1 aromatic rings. The Morgan fingerprint density at radius 1 is 1.21 bits per heavy atom. The van der Waals surface area contributed by atoms with Crippen molar-refractivity contribution in [3.05, 3.63) is 29.8 Å². The molecule has 106 valence electrons. The monoisotopic (exact) mass is 265 g/mol. The van der Waals surface area contributed by atoms with Gasteiger partial charge in [0.1, 0.15) is 0 Å². The summed E-state index contributed by atoms with van der Waals surface area (Å²) in [6.45, 7) is 8.70. The number of hydrogen-bond donors (Lipinski definition) is 1. The molecule has 4 nitrogen and oxygen atoms in total. The Labute approximate surface area is 115 Å². The lowest BCUT2D eigenvalue weighted by molar-refractivity contribution is -0.150. The Bertz CT molecular complexity index is 402. The number of hydrogen-bond acceptors (Lipinski definition) is 4. The summed E-state index contributed by atoms with van der Waals surface area (Å²) >= 11 is 0. The summed E-state index contributed by atoms with van der Waals surface area (Å²) in [5.41, 5.74) is 1.18. The highest BCUT2D eigenvalue weighted by molar-refractivity contribution is 5.84. The lowest BCUT2D eigenvalue weighted by Gasteiger charge is -2.29. The topological polar surface area (TPSA) is 47.6 Å². The normalized spacial score (nSPS) is 13.7. The van der Waals surface area contributed by atoms with Crippen molar-refractivity contribution in [3.63, 3.8) is 0 Å². The van der Waals surface area contributed by atoms with Gasteiger partial charge in [0, 0.05) is 12.3 Å². The van der Waals surface area contributed by atoms with Gasteiger partial charge in [-0.1, -0.05) is 17.7 Å². The lowest BCUT2D eigenvalue weighted by atomic mass is 10.0. The maximum atomic E-state index is 12.1. The van der Waals surface area contributed by atoms with Gasteiger partial charge in [-0.05, 0) is 39.8 Å². The molecule has 1 aromatic carbocycles.